The lowest BCUT2D eigenvalue weighted by atomic mass is 10.2. The average molecular weight is 296 g/mol. The van der Waals surface area contributed by atoms with Gasteiger partial charge in [-0.2, -0.15) is 5.10 Å². The molecule has 0 aliphatic carbocycles. The fourth-order valence-corrected chi connectivity index (χ4v) is 2.09. The predicted octanol–water partition coefficient (Wildman–Crippen LogP) is 1.15. The summed E-state index contributed by atoms with van der Waals surface area (Å²) in [7, 11) is 1.69. The molecule has 1 unspecified atom stereocenters. The second-order valence-corrected chi connectivity index (χ2v) is 5.35. The number of aryl methyl sites for hydroxylation is 1. The molecule has 0 aromatic carbocycles. The largest absolute Gasteiger partial charge is 0.383 e. The molecule has 0 saturated heterocycles. The Morgan fingerprint density at radius 1 is 1.43 bits per heavy atom. The van der Waals surface area contributed by atoms with E-state index in [9.17, 15) is 4.79 Å². The lowest BCUT2D eigenvalue weighted by Crippen LogP contribution is -2.35. The summed E-state index contributed by atoms with van der Waals surface area (Å²) >= 11 is 0. The first-order chi connectivity index (χ1) is 9.99. The highest BCUT2D eigenvalue weighted by atomic mass is 16.5. The maximum atomic E-state index is 11.9. The van der Waals surface area contributed by atoms with E-state index in [0.717, 1.165) is 36.5 Å². The highest BCUT2D eigenvalue weighted by molar-refractivity contribution is 5.76. The van der Waals surface area contributed by atoms with Crippen molar-refractivity contribution in [2.45, 2.75) is 53.2 Å². The zero-order valence-electron chi connectivity index (χ0n) is 13.8. The average Bonchev–Trinajstić information content (AvgIpc) is 2.70. The van der Waals surface area contributed by atoms with Crippen molar-refractivity contribution in [1.82, 2.24) is 20.4 Å². The molecule has 1 aromatic heterocycles. The molecule has 0 aliphatic heterocycles. The number of carbonyl (C=O) groups is 1. The van der Waals surface area contributed by atoms with Crippen molar-refractivity contribution >= 4 is 5.91 Å². The summed E-state index contributed by atoms with van der Waals surface area (Å²) in [4.78, 5) is 11.9. The monoisotopic (exact) mass is 296 g/mol. The molecule has 1 heterocycles. The van der Waals surface area contributed by atoms with Crippen LogP contribution in [-0.4, -0.2) is 42.0 Å². The molecule has 1 atom stereocenters. The fourth-order valence-electron chi connectivity index (χ4n) is 2.09. The van der Waals surface area contributed by atoms with Gasteiger partial charge in [0, 0.05) is 37.5 Å². The van der Waals surface area contributed by atoms with Crippen LogP contribution < -0.4 is 10.6 Å². The van der Waals surface area contributed by atoms with Crippen LogP contribution in [0.3, 0.4) is 0 Å². The molecule has 0 radical (unpaired) electrons. The van der Waals surface area contributed by atoms with Crippen LogP contribution >= 0.6 is 0 Å². The van der Waals surface area contributed by atoms with Crippen molar-refractivity contribution < 1.29 is 9.53 Å². The van der Waals surface area contributed by atoms with E-state index in [0.29, 0.717) is 6.61 Å². The minimum Gasteiger partial charge on any atom is -0.383 e. The van der Waals surface area contributed by atoms with E-state index in [1.165, 1.54) is 0 Å². The van der Waals surface area contributed by atoms with Crippen LogP contribution in [0.2, 0.25) is 0 Å². The Morgan fingerprint density at radius 2 is 2.14 bits per heavy atom. The lowest BCUT2D eigenvalue weighted by molar-refractivity contribution is -0.122. The van der Waals surface area contributed by atoms with Gasteiger partial charge in [-0.05, 0) is 27.2 Å². The summed E-state index contributed by atoms with van der Waals surface area (Å²) in [5.41, 5.74) is 3.16. The SMILES string of the molecule is CCC(C)NC(=O)Cn1nc(C)c(CNCCOC)c1C. The molecule has 0 aliphatic rings. The molecular weight excluding hydrogens is 268 g/mol. The molecule has 2 N–H and O–H groups in total. The molecule has 6 nitrogen and oxygen atoms in total. The third-order valence-corrected chi connectivity index (χ3v) is 3.63. The Bertz CT molecular complexity index is 457. The highest BCUT2D eigenvalue weighted by Crippen LogP contribution is 2.12. The van der Waals surface area contributed by atoms with Gasteiger partial charge in [0.25, 0.3) is 0 Å². The molecule has 21 heavy (non-hydrogen) atoms. The fraction of sp³-hybridized carbons (Fsp3) is 0.733. The van der Waals surface area contributed by atoms with E-state index < -0.39 is 0 Å². The standard InChI is InChI=1S/C15H28N4O2/c1-6-11(2)17-15(20)10-19-13(4)14(12(3)18-19)9-16-7-8-21-5/h11,16H,6-10H2,1-5H3,(H,17,20). The zero-order chi connectivity index (χ0) is 15.8. The number of ether oxygens (including phenoxy) is 1. The van der Waals surface area contributed by atoms with Crippen LogP contribution in [0.25, 0.3) is 0 Å². The molecule has 1 rings (SSSR count). The second kappa shape index (κ2) is 8.79. The number of amides is 1. The van der Waals surface area contributed by atoms with Gasteiger partial charge >= 0.3 is 0 Å². The molecule has 1 aromatic rings. The first-order valence-electron chi connectivity index (χ1n) is 7.51. The summed E-state index contributed by atoms with van der Waals surface area (Å²) in [6, 6.07) is 0.199. The van der Waals surface area contributed by atoms with Gasteiger partial charge in [-0.25, -0.2) is 0 Å². The van der Waals surface area contributed by atoms with Crippen LogP contribution in [0.5, 0.6) is 0 Å². The minimum absolute atomic E-state index is 0.00819. The van der Waals surface area contributed by atoms with Crippen molar-refractivity contribution in [3.63, 3.8) is 0 Å². The lowest BCUT2D eigenvalue weighted by Gasteiger charge is -2.12. The number of methoxy groups -OCH3 is 1. The maximum Gasteiger partial charge on any atom is 0.241 e. The van der Waals surface area contributed by atoms with Gasteiger partial charge in [-0.3, -0.25) is 9.48 Å². The zero-order valence-corrected chi connectivity index (χ0v) is 13.8. The van der Waals surface area contributed by atoms with Crippen LogP contribution in [0.1, 0.15) is 37.2 Å². The van der Waals surface area contributed by atoms with Gasteiger partial charge in [0.2, 0.25) is 5.91 Å². The maximum absolute atomic E-state index is 11.9. The Balaban J connectivity index is 2.62. The second-order valence-electron chi connectivity index (χ2n) is 5.35. The van der Waals surface area contributed by atoms with Gasteiger partial charge in [0.05, 0.1) is 12.3 Å². The smallest absolute Gasteiger partial charge is 0.241 e. The molecule has 1 amide bonds. The van der Waals surface area contributed by atoms with E-state index in [1.54, 1.807) is 11.8 Å². The summed E-state index contributed by atoms with van der Waals surface area (Å²) in [6.45, 7) is 10.5. The van der Waals surface area contributed by atoms with E-state index in [1.807, 2.05) is 20.8 Å². The molecular formula is C15H28N4O2. The third-order valence-electron chi connectivity index (χ3n) is 3.63. The predicted molar refractivity (Wildman–Crippen MR) is 83.2 cm³/mol. The van der Waals surface area contributed by atoms with Gasteiger partial charge in [0.15, 0.2) is 0 Å². The van der Waals surface area contributed by atoms with Gasteiger partial charge < -0.3 is 15.4 Å². The van der Waals surface area contributed by atoms with Gasteiger partial charge in [0.1, 0.15) is 6.54 Å². The Morgan fingerprint density at radius 3 is 2.76 bits per heavy atom. The molecule has 0 spiro atoms. The number of hydrogen-bond donors (Lipinski definition) is 2. The number of nitrogens with one attached hydrogen (secondary N) is 2. The quantitative estimate of drug-likeness (QED) is 0.671. The summed E-state index contributed by atoms with van der Waals surface area (Å²) in [5, 5.41) is 10.7. The van der Waals surface area contributed by atoms with E-state index in [-0.39, 0.29) is 18.5 Å². The first kappa shape index (κ1) is 17.7. The Kier molecular flexibility index (Phi) is 7.39. The highest BCUT2D eigenvalue weighted by Gasteiger charge is 2.14. The van der Waals surface area contributed by atoms with Crippen LogP contribution in [0.15, 0.2) is 0 Å². The first-order valence-corrected chi connectivity index (χ1v) is 7.51. The number of aromatic nitrogens is 2. The van der Waals surface area contributed by atoms with E-state index in [2.05, 4.69) is 22.7 Å². The molecule has 0 saturated carbocycles. The minimum atomic E-state index is 0.00819. The Hall–Kier alpha value is -1.40. The van der Waals surface area contributed by atoms with Gasteiger partial charge in [-0.1, -0.05) is 6.92 Å². The molecule has 0 fully saturated rings. The van der Waals surface area contributed by atoms with E-state index >= 15 is 0 Å². The number of hydrogen-bond acceptors (Lipinski definition) is 4. The summed E-state index contributed by atoms with van der Waals surface area (Å²) in [5.74, 6) is 0.00819. The van der Waals surface area contributed by atoms with Crippen molar-refractivity contribution in [1.29, 1.82) is 0 Å². The number of nitrogens with zero attached hydrogens (tertiary/aromatic N) is 2. The molecule has 0 bridgehead atoms. The van der Waals surface area contributed by atoms with Crippen LogP contribution in [0.4, 0.5) is 0 Å². The third kappa shape index (κ3) is 5.47. The molecule has 6 heteroatoms. The van der Waals surface area contributed by atoms with Crippen molar-refractivity contribution in [3.05, 3.63) is 17.0 Å². The van der Waals surface area contributed by atoms with Crippen LogP contribution in [-0.2, 0) is 22.6 Å². The molecule has 120 valence electrons. The summed E-state index contributed by atoms with van der Waals surface area (Å²) in [6.07, 6.45) is 0.928. The Labute approximate surface area is 127 Å². The topological polar surface area (TPSA) is 68.2 Å². The number of carbonyl (C=O) groups excluding carboxylic acids is 1. The van der Waals surface area contributed by atoms with Gasteiger partial charge in [-0.15, -0.1) is 0 Å². The van der Waals surface area contributed by atoms with Crippen LogP contribution in [0, 0.1) is 13.8 Å². The van der Waals surface area contributed by atoms with Crippen molar-refractivity contribution in [2.24, 2.45) is 0 Å². The normalized spacial score (nSPS) is 12.4. The summed E-state index contributed by atoms with van der Waals surface area (Å²) < 4.78 is 6.79. The van der Waals surface area contributed by atoms with Crippen molar-refractivity contribution in [2.75, 3.05) is 20.3 Å². The van der Waals surface area contributed by atoms with Crippen molar-refractivity contribution in [3.8, 4) is 0 Å². The van der Waals surface area contributed by atoms with E-state index in [4.69, 9.17) is 4.74 Å². The number of rotatable bonds is 9.